The van der Waals surface area contributed by atoms with Crippen molar-refractivity contribution in [1.29, 1.82) is 0 Å². The van der Waals surface area contributed by atoms with Crippen molar-refractivity contribution in [2.45, 2.75) is 31.8 Å². The number of hydrogen-bond acceptors (Lipinski definition) is 4. The summed E-state index contributed by atoms with van der Waals surface area (Å²) in [4.78, 5) is 30.2. The first-order chi connectivity index (χ1) is 12.1. The van der Waals surface area contributed by atoms with E-state index >= 15 is 0 Å². The lowest BCUT2D eigenvalue weighted by atomic mass is 9.96. The van der Waals surface area contributed by atoms with Crippen LogP contribution in [0.3, 0.4) is 0 Å². The van der Waals surface area contributed by atoms with Crippen LogP contribution in [0.1, 0.15) is 34.5 Å². The molecule has 2 aromatic rings. The number of piperidine rings is 1. The third-order valence-corrected chi connectivity index (χ3v) is 5.91. The number of carbonyl (C=O) groups is 2. The molecule has 0 spiro atoms. The summed E-state index contributed by atoms with van der Waals surface area (Å²) in [7, 11) is 1.81. The lowest BCUT2D eigenvalue weighted by Gasteiger charge is -2.44. The molecule has 0 bridgehead atoms. The molecule has 0 unspecified atom stereocenters. The van der Waals surface area contributed by atoms with Gasteiger partial charge >= 0.3 is 0 Å². The Morgan fingerprint density at radius 3 is 2.96 bits per heavy atom. The van der Waals surface area contributed by atoms with Crippen molar-refractivity contribution in [3.8, 4) is 0 Å². The highest BCUT2D eigenvalue weighted by molar-refractivity contribution is 7.09. The molecule has 1 aromatic carbocycles. The Morgan fingerprint density at radius 2 is 2.16 bits per heavy atom. The monoisotopic (exact) mass is 355 g/mol. The van der Waals surface area contributed by atoms with Gasteiger partial charge in [-0.05, 0) is 48.9 Å². The summed E-state index contributed by atoms with van der Waals surface area (Å²) in [5.41, 5.74) is 2.47. The second-order valence-corrected chi connectivity index (χ2v) is 7.60. The van der Waals surface area contributed by atoms with Gasteiger partial charge in [0.15, 0.2) is 0 Å². The van der Waals surface area contributed by atoms with Crippen LogP contribution in [-0.2, 0) is 11.3 Å². The van der Waals surface area contributed by atoms with Crippen LogP contribution in [0.5, 0.6) is 0 Å². The van der Waals surface area contributed by atoms with Crippen molar-refractivity contribution < 1.29 is 9.59 Å². The molecule has 4 rings (SSSR count). The highest BCUT2D eigenvalue weighted by Gasteiger charge is 2.37. The minimum absolute atomic E-state index is 0.0512. The minimum atomic E-state index is -0.113. The zero-order valence-corrected chi connectivity index (χ0v) is 15.0. The summed E-state index contributed by atoms with van der Waals surface area (Å²) in [5.74, 6) is 0.0150. The molecular formula is C19H21N3O2S. The van der Waals surface area contributed by atoms with Gasteiger partial charge in [0.05, 0.1) is 17.9 Å². The van der Waals surface area contributed by atoms with E-state index in [9.17, 15) is 9.59 Å². The summed E-state index contributed by atoms with van der Waals surface area (Å²) in [6.45, 7) is 1.43. The zero-order valence-electron chi connectivity index (χ0n) is 14.2. The number of anilines is 2. The summed E-state index contributed by atoms with van der Waals surface area (Å²) in [6.07, 6.45) is 3.11. The van der Waals surface area contributed by atoms with Crippen molar-refractivity contribution in [1.82, 2.24) is 5.32 Å². The summed E-state index contributed by atoms with van der Waals surface area (Å²) in [5, 5.41) is 4.94. The van der Waals surface area contributed by atoms with E-state index in [2.05, 4.69) is 10.2 Å². The van der Waals surface area contributed by atoms with Gasteiger partial charge in [-0.2, -0.15) is 0 Å². The second kappa shape index (κ2) is 6.52. The standard InChI is InChI=1S/C19H21N3O2S/c1-21-17-11-13(18(23)20-12-14-5-4-10-25-14)7-8-15(17)22-9-3-2-6-16(22)19(21)24/h4-5,7-8,10-11,16H,2-3,6,9,12H2,1H3,(H,20,23)/t16-/m1/s1. The lowest BCUT2D eigenvalue weighted by molar-refractivity contribution is -0.120. The van der Waals surface area contributed by atoms with Crippen molar-refractivity contribution >= 4 is 34.5 Å². The van der Waals surface area contributed by atoms with Gasteiger partial charge in [-0.25, -0.2) is 0 Å². The molecule has 5 nitrogen and oxygen atoms in total. The van der Waals surface area contributed by atoms with Crippen LogP contribution in [0.4, 0.5) is 11.4 Å². The topological polar surface area (TPSA) is 52.7 Å². The van der Waals surface area contributed by atoms with Gasteiger partial charge < -0.3 is 15.1 Å². The molecule has 3 heterocycles. The largest absolute Gasteiger partial charge is 0.358 e. The zero-order chi connectivity index (χ0) is 17.4. The van der Waals surface area contributed by atoms with Crippen LogP contribution in [0.25, 0.3) is 0 Å². The molecule has 130 valence electrons. The van der Waals surface area contributed by atoms with Crippen molar-refractivity contribution in [2.24, 2.45) is 0 Å². The maximum Gasteiger partial charge on any atom is 0.251 e. The number of likely N-dealkylation sites (N-methyl/N-ethyl adjacent to an activating group) is 1. The number of nitrogens with zero attached hydrogens (tertiary/aromatic N) is 2. The fraction of sp³-hybridized carbons (Fsp3) is 0.368. The number of thiophene rings is 1. The van der Waals surface area contributed by atoms with E-state index in [0.29, 0.717) is 12.1 Å². The smallest absolute Gasteiger partial charge is 0.251 e. The molecule has 2 aliphatic heterocycles. The lowest BCUT2D eigenvalue weighted by Crippen LogP contribution is -2.54. The molecule has 0 aliphatic carbocycles. The number of amides is 2. The maximum atomic E-state index is 12.7. The van der Waals surface area contributed by atoms with E-state index in [0.717, 1.165) is 42.1 Å². The molecule has 1 fully saturated rings. The van der Waals surface area contributed by atoms with Crippen LogP contribution in [0, 0.1) is 0 Å². The highest BCUT2D eigenvalue weighted by Crippen LogP contribution is 2.39. The number of carbonyl (C=O) groups excluding carboxylic acids is 2. The van der Waals surface area contributed by atoms with Crippen LogP contribution in [0.15, 0.2) is 35.7 Å². The van der Waals surface area contributed by atoms with Gasteiger partial charge in [0.2, 0.25) is 5.91 Å². The van der Waals surface area contributed by atoms with Gasteiger partial charge in [-0.3, -0.25) is 9.59 Å². The second-order valence-electron chi connectivity index (χ2n) is 6.57. The maximum absolute atomic E-state index is 12.7. The number of hydrogen-bond donors (Lipinski definition) is 1. The van der Waals surface area contributed by atoms with E-state index in [-0.39, 0.29) is 17.9 Å². The van der Waals surface area contributed by atoms with E-state index < -0.39 is 0 Å². The van der Waals surface area contributed by atoms with Gasteiger partial charge in [-0.15, -0.1) is 11.3 Å². The summed E-state index contributed by atoms with van der Waals surface area (Å²) >= 11 is 1.62. The van der Waals surface area contributed by atoms with Gasteiger partial charge in [0.25, 0.3) is 5.91 Å². The van der Waals surface area contributed by atoms with Crippen LogP contribution in [-0.4, -0.2) is 31.4 Å². The fourth-order valence-corrected chi connectivity index (χ4v) is 4.32. The number of fused-ring (bicyclic) bond motifs is 3. The van der Waals surface area contributed by atoms with Gasteiger partial charge in [0, 0.05) is 24.0 Å². The Bertz CT molecular complexity index is 803. The van der Waals surface area contributed by atoms with Crippen LogP contribution < -0.4 is 15.1 Å². The molecule has 1 atom stereocenters. The fourth-order valence-electron chi connectivity index (χ4n) is 3.68. The quantitative estimate of drug-likeness (QED) is 0.921. The predicted molar refractivity (Wildman–Crippen MR) is 100 cm³/mol. The SMILES string of the molecule is CN1C(=O)[C@H]2CCCCN2c2ccc(C(=O)NCc3cccs3)cc21. The summed E-state index contributed by atoms with van der Waals surface area (Å²) < 4.78 is 0. The molecular weight excluding hydrogens is 334 g/mol. The minimum Gasteiger partial charge on any atom is -0.358 e. The molecule has 25 heavy (non-hydrogen) atoms. The van der Waals surface area contributed by atoms with E-state index in [1.165, 1.54) is 0 Å². The number of rotatable bonds is 3. The normalized spacial score (nSPS) is 19.4. The number of benzene rings is 1. The third kappa shape index (κ3) is 2.91. The molecule has 0 radical (unpaired) electrons. The first-order valence-electron chi connectivity index (χ1n) is 8.64. The Hall–Kier alpha value is -2.34. The molecule has 6 heteroatoms. The van der Waals surface area contributed by atoms with Crippen molar-refractivity contribution in [2.75, 3.05) is 23.4 Å². The van der Waals surface area contributed by atoms with E-state index in [1.54, 1.807) is 23.3 Å². The van der Waals surface area contributed by atoms with E-state index in [1.807, 2.05) is 35.7 Å². The first-order valence-corrected chi connectivity index (χ1v) is 9.52. The Balaban J connectivity index is 1.58. The van der Waals surface area contributed by atoms with Crippen LogP contribution in [0.2, 0.25) is 0 Å². The molecule has 1 N–H and O–H groups in total. The van der Waals surface area contributed by atoms with Crippen molar-refractivity contribution in [3.63, 3.8) is 0 Å². The highest BCUT2D eigenvalue weighted by atomic mass is 32.1. The Labute approximate surface area is 151 Å². The van der Waals surface area contributed by atoms with Crippen molar-refractivity contribution in [3.05, 3.63) is 46.2 Å². The molecule has 1 aromatic heterocycles. The Kier molecular flexibility index (Phi) is 4.21. The Morgan fingerprint density at radius 1 is 1.28 bits per heavy atom. The average molecular weight is 355 g/mol. The predicted octanol–water partition coefficient (Wildman–Crippen LogP) is 3.01. The average Bonchev–Trinajstić information content (AvgIpc) is 3.17. The van der Waals surface area contributed by atoms with Gasteiger partial charge in [0.1, 0.15) is 6.04 Å². The molecule has 2 aliphatic rings. The van der Waals surface area contributed by atoms with E-state index in [4.69, 9.17) is 0 Å². The van der Waals surface area contributed by atoms with Gasteiger partial charge in [-0.1, -0.05) is 6.07 Å². The van der Waals surface area contributed by atoms with Crippen LogP contribution >= 0.6 is 11.3 Å². The molecule has 2 amide bonds. The molecule has 0 saturated carbocycles. The number of nitrogens with one attached hydrogen (secondary N) is 1. The molecule has 1 saturated heterocycles. The first kappa shape index (κ1) is 16.1. The summed E-state index contributed by atoms with van der Waals surface area (Å²) in [6, 6.07) is 9.60. The third-order valence-electron chi connectivity index (χ3n) is 5.03.